The molecule has 2 aromatic carbocycles. The summed E-state index contributed by atoms with van der Waals surface area (Å²) in [6, 6.07) is 8.80. The van der Waals surface area contributed by atoms with Crippen LogP contribution in [0.4, 0.5) is 5.69 Å². The molecule has 0 aliphatic carbocycles. The minimum Gasteiger partial charge on any atom is -0.278 e. The van der Waals surface area contributed by atoms with Crippen LogP contribution in [-0.4, -0.2) is 8.42 Å². The first-order chi connectivity index (χ1) is 9.29. The quantitative estimate of drug-likeness (QED) is 0.748. The van der Waals surface area contributed by atoms with Gasteiger partial charge in [-0.3, -0.25) is 4.72 Å². The van der Waals surface area contributed by atoms with Crippen LogP contribution in [0.15, 0.2) is 45.8 Å². The van der Waals surface area contributed by atoms with Crippen molar-refractivity contribution in [2.24, 2.45) is 0 Å². The molecule has 0 saturated carbocycles. The Morgan fingerprint density at radius 1 is 0.950 bits per heavy atom. The van der Waals surface area contributed by atoms with Crippen molar-refractivity contribution < 1.29 is 8.42 Å². The Morgan fingerprint density at radius 2 is 1.65 bits per heavy atom. The summed E-state index contributed by atoms with van der Waals surface area (Å²) in [4.78, 5) is 0.0693. The lowest BCUT2D eigenvalue weighted by atomic mass is 10.3. The maximum Gasteiger partial charge on any atom is 0.261 e. The summed E-state index contributed by atoms with van der Waals surface area (Å²) in [6.45, 7) is 0. The molecule has 20 heavy (non-hydrogen) atoms. The second kappa shape index (κ2) is 6.12. The minimum atomic E-state index is -3.75. The third-order valence-electron chi connectivity index (χ3n) is 2.38. The molecule has 0 saturated heterocycles. The number of hydrogen-bond donors (Lipinski definition) is 1. The highest BCUT2D eigenvalue weighted by Gasteiger charge is 2.17. The lowest BCUT2D eigenvalue weighted by molar-refractivity contribution is 0.601. The average Bonchev–Trinajstić information content (AvgIpc) is 2.36. The lowest BCUT2D eigenvalue weighted by Gasteiger charge is -2.10. The third-order valence-corrected chi connectivity index (χ3v) is 5.50. The topological polar surface area (TPSA) is 46.2 Å². The Balaban J connectivity index is 2.38. The summed E-state index contributed by atoms with van der Waals surface area (Å²) in [6.07, 6.45) is 0. The lowest BCUT2D eigenvalue weighted by Crippen LogP contribution is -2.13. The predicted octanol–water partition coefficient (Wildman–Crippen LogP) is 5.21. The van der Waals surface area contributed by atoms with Crippen molar-refractivity contribution in [3.05, 3.63) is 55.9 Å². The van der Waals surface area contributed by atoms with Crippen molar-refractivity contribution in [3.8, 4) is 0 Å². The van der Waals surface area contributed by atoms with E-state index in [1.54, 1.807) is 6.07 Å². The number of hydrogen-bond acceptors (Lipinski definition) is 2. The van der Waals surface area contributed by atoms with E-state index in [2.05, 4.69) is 20.7 Å². The highest BCUT2D eigenvalue weighted by Crippen LogP contribution is 2.29. The van der Waals surface area contributed by atoms with Crippen LogP contribution in [0, 0.1) is 0 Å². The van der Waals surface area contributed by atoms with E-state index in [-0.39, 0.29) is 15.6 Å². The van der Waals surface area contributed by atoms with Gasteiger partial charge in [-0.05, 0) is 52.3 Å². The molecule has 0 spiro atoms. The van der Waals surface area contributed by atoms with Gasteiger partial charge in [0.05, 0.1) is 20.6 Å². The summed E-state index contributed by atoms with van der Waals surface area (Å²) in [5.74, 6) is 0. The van der Waals surface area contributed by atoms with Crippen LogP contribution in [0.25, 0.3) is 0 Å². The van der Waals surface area contributed by atoms with Gasteiger partial charge in [0.1, 0.15) is 0 Å². The molecular weight excluding hydrogens is 408 g/mol. The van der Waals surface area contributed by atoms with E-state index < -0.39 is 10.0 Å². The molecule has 2 rings (SSSR count). The fraction of sp³-hybridized carbons (Fsp3) is 0. The van der Waals surface area contributed by atoms with Crippen molar-refractivity contribution in [3.63, 3.8) is 0 Å². The molecule has 0 atom stereocenters. The van der Waals surface area contributed by atoms with E-state index in [4.69, 9.17) is 34.8 Å². The molecule has 106 valence electrons. The molecule has 0 bridgehead atoms. The molecule has 8 heteroatoms. The van der Waals surface area contributed by atoms with Gasteiger partial charge in [0, 0.05) is 9.50 Å². The maximum atomic E-state index is 12.2. The highest BCUT2D eigenvalue weighted by molar-refractivity contribution is 9.10. The highest BCUT2D eigenvalue weighted by atomic mass is 79.9. The van der Waals surface area contributed by atoms with Gasteiger partial charge in [0.25, 0.3) is 10.0 Å². The molecule has 1 N–H and O–H groups in total. The summed E-state index contributed by atoms with van der Waals surface area (Å²) < 4.78 is 27.4. The molecule has 2 aromatic rings. The van der Waals surface area contributed by atoms with Gasteiger partial charge in [-0.2, -0.15) is 0 Å². The van der Waals surface area contributed by atoms with E-state index in [1.165, 1.54) is 30.3 Å². The van der Waals surface area contributed by atoms with Gasteiger partial charge >= 0.3 is 0 Å². The van der Waals surface area contributed by atoms with Crippen LogP contribution in [0.1, 0.15) is 0 Å². The van der Waals surface area contributed by atoms with Gasteiger partial charge in [0.2, 0.25) is 0 Å². The number of benzene rings is 2. The molecule has 0 fully saturated rings. The van der Waals surface area contributed by atoms with E-state index >= 15 is 0 Å². The van der Waals surface area contributed by atoms with Crippen molar-refractivity contribution in [2.75, 3.05) is 4.72 Å². The summed E-state index contributed by atoms with van der Waals surface area (Å²) in [7, 11) is -3.75. The molecule has 0 heterocycles. The zero-order chi connectivity index (χ0) is 14.9. The van der Waals surface area contributed by atoms with Crippen LogP contribution in [0.2, 0.25) is 15.1 Å². The molecular formula is C12H7BrCl3NO2S. The monoisotopic (exact) mass is 413 g/mol. The van der Waals surface area contributed by atoms with E-state index in [0.717, 1.165) is 0 Å². The van der Waals surface area contributed by atoms with E-state index in [0.29, 0.717) is 14.5 Å². The maximum absolute atomic E-state index is 12.2. The van der Waals surface area contributed by atoms with Gasteiger partial charge in [-0.1, -0.05) is 34.8 Å². The standard InChI is InChI=1S/C12H7BrCl3NO2S/c13-9-6-8(2-3-10(9)15)20(18,19)17-12-4-1-7(14)5-11(12)16/h1-6,17H. The normalized spacial score (nSPS) is 11.4. The third kappa shape index (κ3) is 3.59. The van der Waals surface area contributed by atoms with E-state index in [9.17, 15) is 8.42 Å². The van der Waals surface area contributed by atoms with Gasteiger partial charge in [-0.25, -0.2) is 8.42 Å². The summed E-state index contributed by atoms with van der Waals surface area (Å²) in [5, 5.41) is 1.06. The van der Waals surface area contributed by atoms with Crippen molar-refractivity contribution >= 4 is 66.4 Å². The van der Waals surface area contributed by atoms with Crippen LogP contribution in [0.5, 0.6) is 0 Å². The van der Waals surface area contributed by atoms with Crippen molar-refractivity contribution in [1.29, 1.82) is 0 Å². The summed E-state index contributed by atoms with van der Waals surface area (Å²) >= 11 is 20.7. The first kappa shape index (κ1) is 15.9. The molecule has 0 unspecified atom stereocenters. The molecule has 3 nitrogen and oxygen atoms in total. The van der Waals surface area contributed by atoms with Gasteiger partial charge in [-0.15, -0.1) is 0 Å². The predicted molar refractivity (Wildman–Crippen MR) is 86.4 cm³/mol. The number of nitrogens with one attached hydrogen (secondary N) is 1. The fourth-order valence-corrected chi connectivity index (χ4v) is 3.69. The Kier molecular flexibility index (Phi) is 4.87. The average molecular weight is 416 g/mol. The van der Waals surface area contributed by atoms with Crippen molar-refractivity contribution in [2.45, 2.75) is 4.90 Å². The molecule has 0 radical (unpaired) electrons. The van der Waals surface area contributed by atoms with Gasteiger partial charge in [0.15, 0.2) is 0 Å². The fourth-order valence-electron chi connectivity index (χ4n) is 1.42. The minimum absolute atomic E-state index is 0.0693. The number of anilines is 1. The second-order valence-electron chi connectivity index (χ2n) is 3.81. The first-order valence-corrected chi connectivity index (χ1v) is 8.63. The zero-order valence-electron chi connectivity index (χ0n) is 9.70. The Bertz CT molecular complexity index is 765. The van der Waals surface area contributed by atoms with Crippen LogP contribution >= 0.6 is 50.7 Å². The first-order valence-electron chi connectivity index (χ1n) is 5.22. The van der Waals surface area contributed by atoms with Crippen LogP contribution in [-0.2, 0) is 10.0 Å². The Morgan fingerprint density at radius 3 is 2.25 bits per heavy atom. The number of sulfonamides is 1. The Hall–Kier alpha value is -0.460. The second-order valence-corrected chi connectivity index (χ2v) is 7.59. The zero-order valence-corrected chi connectivity index (χ0v) is 14.4. The largest absolute Gasteiger partial charge is 0.278 e. The number of halogens is 4. The van der Waals surface area contributed by atoms with Gasteiger partial charge < -0.3 is 0 Å². The summed E-state index contributed by atoms with van der Waals surface area (Å²) in [5.41, 5.74) is 0.252. The SMILES string of the molecule is O=S(=O)(Nc1ccc(Cl)cc1Cl)c1ccc(Cl)c(Br)c1. The Labute approximate surface area is 140 Å². The molecule has 0 aliphatic rings. The smallest absolute Gasteiger partial charge is 0.261 e. The van der Waals surface area contributed by atoms with Crippen LogP contribution in [0.3, 0.4) is 0 Å². The van der Waals surface area contributed by atoms with E-state index in [1.807, 2.05) is 0 Å². The molecule has 0 aliphatic heterocycles. The van der Waals surface area contributed by atoms with Crippen molar-refractivity contribution in [1.82, 2.24) is 0 Å². The number of rotatable bonds is 3. The van der Waals surface area contributed by atoms with Crippen LogP contribution < -0.4 is 4.72 Å². The molecule has 0 amide bonds. The molecule has 0 aromatic heterocycles.